The van der Waals surface area contributed by atoms with Crippen LogP contribution in [0, 0.1) is 0 Å². The SMILES string of the molecule is CCCCCCCCS(=O)C(C)Cc1ccc2c(c1)OCO2.CCN[C@H](CS)C(=O)O.CCN[C@H](CS)C(=O)O. The number of ether oxygens (including phenoxy) is 2. The maximum Gasteiger partial charge on any atom is 0.321 e. The molecular weight excluding hydrogens is 573 g/mol. The Balaban J connectivity index is 0.000000700. The monoisotopic (exact) mass is 622 g/mol. The number of fused-ring (bicyclic) bond motifs is 1. The van der Waals surface area contributed by atoms with Gasteiger partial charge in [-0.2, -0.15) is 25.3 Å². The van der Waals surface area contributed by atoms with Gasteiger partial charge in [-0.3, -0.25) is 13.8 Å². The molecule has 0 radical (unpaired) electrons. The summed E-state index contributed by atoms with van der Waals surface area (Å²) in [4.78, 5) is 20.4. The molecule has 1 aromatic carbocycles. The van der Waals surface area contributed by atoms with Crippen LogP contribution >= 0.6 is 25.3 Å². The van der Waals surface area contributed by atoms with Gasteiger partial charge in [0.1, 0.15) is 12.1 Å². The lowest BCUT2D eigenvalue weighted by Crippen LogP contribution is -2.37. The van der Waals surface area contributed by atoms with Crippen LogP contribution in [0.3, 0.4) is 0 Å². The van der Waals surface area contributed by atoms with Crippen LogP contribution in [0.5, 0.6) is 11.5 Å². The number of carboxylic acid groups (broad SMARTS) is 2. The Morgan fingerprint density at radius 1 is 0.900 bits per heavy atom. The third kappa shape index (κ3) is 17.4. The van der Waals surface area contributed by atoms with Crippen molar-refractivity contribution < 1.29 is 33.5 Å². The van der Waals surface area contributed by atoms with E-state index in [4.69, 9.17) is 19.7 Å². The first-order chi connectivity index (χ1) is 19.1. The largest absolute Gasteiger partial charge is 0.480 e. The first kappa shape index (κ1) is 38.5. The summed E-state index contributed by atoms with van der Waals surface area (Å²) in [6.45, 7) is 9.66. The van der Waals surface area contributed by atoms with Crippen LogP contribution in [0.1, 0.15) is 71.8 Å². The molecule has 2 unspecified atom stereocenters. The minimum Gasteiger partial charge on any atom is -0.480 e. The molecule has 9 nitrogen and oxygen atoms in total. The molecule has 12 heteroatoms. The van der Waals surface area contributed by atoms with Crippen LogP contribution in [0.25, 0.3) is 0 Å². The molecule has 1 heterocycles. The highest BCUT2D eigenvalue weighted by Crippen LogP contribution is 2.33. The van der Waals surface area contributed by atoms with E-state index in [9.17, 15) is 13.8 Å². The molecule has 0 aromatic heterocycles. The lowest BCUT2D eigenvalue weighted by atomic mass is 10.1. The summed E-state index contributed by atoms with van der Waals surface area (Å²) in [5.41, 5.74) is 1.17. The highest BCUT2D eigenvalue weighted by atomic mass is 32.2. The minimum absolute atomic E-state index is 0.191. The molecule has 0 saturated carbocycles. The quantitative estimate of drug-likeness (QED) is 0.104. The van der Waals surface area contributed by atoms with Gasteiger partial charge in [0.25, 0.3) is 0 Å². The van der Waals surface area contributed by atoms with E-state index in [-0.39, 0.29) is 5.25 Å². The minimum atomic E-state index is -0.841. The molecule has 232 valence electrons. The summed E-state index contributed by atoms with van der Waals surface area (Å²) in [7, 11) is -0.743. The van der Waals surface area contributed by atoms with Crippen molar-refractivity contribution in [3.63, 3.8) is 0 Å². The molecule has 1 aromatic rings. The molecule has 2 rings (SSSR count). The fourth-order valence-corrected chi connectivity index (χ4v) is 5.51. The van der Waals surface area contributed by atoms with Gasteiger partial charge in [-0.25, -0.2) is 0 Å². The van der Waals surface area contributed by atoms with Gasteiger partial charge in [0, 0.05) is 33.3 Å². The lowest BCUT2D eigenvalue weighted by molar-refractivity contribution is -0.139. The van der Waals surface area contributed by atoms with Crippen LogP contribution in [-0.4, -0.2) is 80.8 Å². The Hall–Kier alpha value is -1.47. The summed E-state index contributed by atoms with van der Waals surface area (Å²) < 4.78 is 23.0. The predicted molar refractivity (Wildman–Crippen MR) is 170 cm³/mol. The number of aliphatic carboxylic acids is 2. The average Bonchev–Trinajstić information content (AvgIpc) is 3.40. The maximum atomic E-state index is 12.3. The number of hydrogen-bond acceptors (Lipinski definition) is 9. The smallest absolute Gasteiger partial charge is 0.321 e. The van der Waals surface area contributed by atoms with Gasteiger partial charge in [0.15, 0.2) is 11.5 Å². The van der Waals surface area contributed by atoms with Crippen molar-refractivity contribution in [1.82, 2.24) is 10.6 Å². The van der Waals surface area contributed by atoms with E-state index < -0.39 is 34.8 Å². The molecule has 4 atom stereocenters. The summed E-state index contributed by atoms with van der Waals surface area (Å²) in [6, 6.07) is 5.00. The number of hydrogen-bond donors (Lipinski definition) is 6. The number of nitrogens with one attached hydrogen (secondary N) is 2. The highest BCUT2D eigenvalue weighted by Gasteiger charge is 2.17. The molecular formula is C28H50N2O7S3. The van der Waals surface area contributed by atoms with Gasteiger partial charge in [0.05, 0.1) is 0 Å². The van der Waals surface area contributed by atoms with E-state index in [1.54, 1.807) is 0 Å². The Bertz CT molecular complexity index is 837. The van der Waals surface area contributed by atoms with Crippen molar-refractivity contribution >= 4 is 48.0 Å². The molecule has 0 saturated heterocycles. The normalized spacial score (nSPS) is 14.6. The summed E-state index contributed by atoms with van der Waals surface area (Å²) in [6.07, 6.45) is 8.32. The standard InChI is InChI=1S/C18H28O3S.2C5H11NO2S/c1-3-4-5-6-7-8-11-22(19)15(2)12-16-9-10-17-18(13-16)21-14-20-17;2*1-2-6-4(3-9)5(7)8/h9-10,13,15H,3-8,11-12,14H2,1-2H3;2*4,6,9H,2-3H2,1H3,(H,7,8)/t;2*4-/m.11/s1. The Labute approximate surface area is 253 Å². The van der Waals surface area contributed by atoms with E-state index in [2.05, 4.69) is 49.7 Å². The second kappa shape index (κ2) is 24.2. The number of rotatable bonds is 18. The number of likely N-dealkylation sites (N-methyl/N-ethyl adjacent to an activating group) is 2. The van der Waals surface area contributed by atoms with Crippen molar-refractivity contribution in [2.75, 3.05) is 37.1 Å². The number of carboxylic acids is 2. The third-order valence-corrected chi connectivity index (χ3v) is 8.46. The topological polar surface area (TPSA) is 134 Å². The molecule has 0 fully saturated rings. The molecule has 1 aliphatic heterocycles. The van der Waals surface area contributed by atoms with E-state index in [0.29, 0.717) is 31.4 Å². The third-order valence-electron chi connectivity index (χ3n) is 5.97. The zero-order valence-electron chi connectivity index (χ0n) is 24.4. The van der Waals surface area contributed by atoms with Crippen LogP contribution in [0.15, 0.2) is 18.2 Å². The van der Waals surface area contributed by atoms with Gasteiger partial charge in [-0.05, 0) is 43.6 Å². The Kier molecular flexibility index (Phi) is 23.3. The fourth-order valence-electron chi connectivity index (χ4n) is 3.67. The average molecular weight is 623 g/mol. The van der Waals surface area contributed by atoms with Crippen molar-refractivity contribution in [2.24, 2.45) is 0 Å². The van der Waals surface area contributed by atoms with E-state index in [1.165, 1.54) is 37.7 Å². The van der Waals surface area contributed by atoms with Gasteiger partial charge < -0.3 is 30.3 Å². The molecule has 4 N–H and O–H groups in total. The summed E-state index contributed by atoms with van der Waals surface area (Å²) >= 11 is 7.69. The van der Waals surface area contributed by atoms with Crippen molar-refractivity contribution in [3.8, 4) is 11.5 Å². The van der Waals surface area contributed by atoms with Crippen molar-refractivity contribution in [3.05, 3.63) is 23.8 Å². The first-order valence-electron chi connectivity index (χ1n) is 14.0. The van der Waals surface area contributed by atoms with E-state index in [1.807, 2.05) is 32.0 Å². The molecule has 40 heavy (non-hydrogen) atoms. The van der Waals surface area contributed by atoms with Gasteiger partial charge in [-0.15, -0.1) is 0 Å². The summed E-state index contributed by atoms with van der Waals surface area (Å²) in [5, 5.41) is 22.5. The van der Waals surface area contributed by atoms with Gasteiger partial charge in [0.2, 0.25) is 6.79 Å². The fraction of sp³-hybridized carbons (Fsp3) is 0.714. The van der Waals surface area contributed by atoms with E-state index >= 15 is 0 Å². The van der Waals surface area contributed by atoms with E-state index in [0.717, 1.165) is 30.1 Å². The molecule has 0 aliphatic carbocycles. The molecule has 1 aliphatic rings. The van der Waals surface area contributed by atoms with Crippen molar-refractivity contribution in [1.29, 1.82) is 0 Å². The van der Waals surface area contributed by atoms with Gasteiger partial charge in [-0.1, -0.05) is 65.9 Å². The molecule has 0 amide bonds. The predicted octanol–water partition coefficient (Wildman–Crippen LogP) is 4.41. The van der Waals surface area contributed by atoms with Crippen LogP contribution in [0.4, 0.5) is 0 Å². The van der Waals surface area contributed by atoms with Crippen LogP contribution < -0.4 is 20.1 Å². The Morgan fingerprint density at radius 2 is 1.43 bits per heavy atom. The van der Waals surface area contributed by atoms with Gasteiger partial charge >= 0.3 is 11.9 Å². The van der Waals surface area contributed by atoms with Crippen LogP contribution in [-0.2, 0) is 26.8 Å². The number of carbonyl (C=O) groups is 2. The highest BCUT2D eigenvalue weighted by molar-refractivity contribution is 7.85. The Morgan fingerprint density at radius 3 is 1.90 bits per heavy atom. The second-order valence-electron chi connectivity index (χ2n) is 9.32. The first-order valence-corrected chi connectivity index (χ1v) is 16.7. The number of benzene rings is 1. The lowest BCUT2D eigenvalue weighted by Gasteiger charge is -2.12. The maximum absolute atomic E-state index is 12.3. The molecule has 0 bridgehead atoms. The zero-order valence-corrected chi connectivity index (χ0v) is 27.0. The second-order valence-corrected chi connectivity index (χ2v) is 12.0. The summed E-state index contributed by atoms with van der Waals surface area (Å²) in [5.74, 6) is 1.44. The number of thiol groups is 2. The number of unbranched alkanes of at least 4 members (excludes halogenated alkanes) is 5. The molecule has 0 spiro atoms. The van der Waals surface area contributed by atoms with Crippen LogP contribution in [0.2, 0.25) is 0 Å². The van der Waals surface area contributed by atoms with Crippen molar-refractivity contribution in [2.45, 2.75) is 90.0 Å². The zero-order chi connectivity index (χ0) is 30.3.